The smallest absolute Gasteiger partial charge is 0.246 e. The summed E-state index contributed by atoms with van der Waals surface area (Å²) in [7, 11) is 0. The Morgan fingerprint density at radius 3 is 2.88 bits per heavy atom. The summed E-state index contributed by atoms with van der Waals surface area (Å²) >= 11 is 0. The molecule has 0 spiro atoms. The number of benzene rings is 1. The predicted molar refractivity (Wildman–Crippen MR) is 97.7 cm³/mol. The van der Waals surface area contributed by atoms with Crippen molar-refractivity contribution < 1.29 is 14.1 Å². The molecule has 7 nitrogen and oxygen atoms in total. The Bertz CT molecular complexity index is 882. The maximum absolute atomic E-state index is 11.9. The zero-order valence-corrected chi connectivity index (χ0v) is 15.4. The van der Waals surface area contributed by atoms with E-state index in [0.717, 1.165) is 22.6 Å². The highest BCUT2D eigenvalue weighted by Crippen LogP contribution is 2.20. The number of nitrogens with one attached hydrogen (secondary N) is 1. The summed E-state index contributed by atoms with van der Waals surface area (Å²) < 4.78 is 12.6. The number of imidazole rings is 1. The van der Waals surface area contributed by atoms with Gasteiger partial charge in [0.15, 0.2) is 5.76 Å². The highest BCUT2D eigenvalue weighted by Gasteiger charge is 2.13. The number of carbonyl (C=O) groups excluding carboxylic acids is 1. The molecule has 0 saturated carbocycles. The van der Waals surface area contributed by atoms with Crippen LogP contribution >= 0.6 is 0 Å². The third-order valence-corrected chi connectivity index (χ3v) is 4.01. The first-order chi connectivity index (χ1) is 12.5. The number of aryl methyl sites for hydroxylation is 1. The van der Waals surface area contributed by atoms with E-state index in [1.807, 2.05) is 25.1 Å². The van der Waals surface area contributed by atoms with Crippen molar-refractivity contribution in [3.05, 3.63) is 47.6 Å². The van der Waals surface area contributed by atoms with Gasteiger partial charge in [0.05, 0.1) is 16.7 Å². The van der Waals surface area contributed by atoms with E-state index in [0.29, 0.717) is 24.8 Å². The van der Waals surface area contributed by atoms with Crippen molar-refractivity contribution in [1.82, 2.24) is 20.0 Å². The molecule has 0 aliphatic rings. The average molecular weight is 356 g/mol. The van der Waals surface area contributed by atoms with Crippen molar-refractivity contribution in [2.75, 3.05) is 13.2 Å². The number of rotatable bonds is 8. The highest BCUT2D eigenvalue weighted by molar-refractivity contribution is 5.77. The Morgan fingerprint density at radius 1 is 1.35 bits per heavy atom. The van der Waals surface area contributed by atoms with Crippen LogP contribution in [0, 0.1) is 6.92 Å². The van der Waals surface area contributed by atoms with Crippen LogP contribution in [0.2, 0.25) is 0 Å². The molecule has 1 aromatic carbocycles. The normalized spacial score (nSPS) is 11.4. The van der Waals surface area contributed by atoms with Crippen molar-refractivity contribution in [3.8, 4) is 0 Å². The van der Waals surface area contributed by atoms with Gasteiger partial charge in [-0.15, -0.1) is 0 Å². The van der Waals surface area contributed by atoms with E-state index in [4.69, 9.17) is 14.2 Å². The molecule has 138 valence electrons. The molecule has 3 rings (SSSR count). The van der Waals surface area contributed by atoms with E-state index >= 15 is 0 Å². The van der Waals surface area contributed by atoms with Crippen LogP contribution in [-0.2, 0) is 22.6 Å². The number of hydrogen-bond acceptors (Lipinski definition) is 5. The van der Waals surface area contributed by atoms with Crippen LogP contribution in [-0.4, -0.2) is 33.8 Å². The van der Waals surface area contributed by atoms with E-state index in [9.17, 15) is 4.79 Å². The van der Waals surface area contributed by atoms with E-state index in [-0.39, 0.29) is 19.1 Å². The molecule has 0 aliphatic heterocycles. The van der Waals surface area contributed by atoms with Gasteiger partial charge in [-0.3, -0.25) is 4.79 Å². The van der Waals surface area contributed by atoms with Gasteiger partial charge in [-0.25, -0.2) is 4.98 Å². The second-order valence-corrected chi connectivity index (χ2v) is 6.51. The fourth-order valence-corrected chi connectivity index (χ4v) is 2.94. The van der Waals surface area contributed by atoms with E-state index in [1.165, 1.54) is 0 Å². The Kier molecular flexibility index (Phi) is 5.68. The molecule has 0 aliphatic carbocycles. The number of aromatic nitrogens is 3. The summed E-state index contributed by atoms with van der Waals surface area (Å²) in [4.78, 5) is 16.6. The average Bonchev–Trinajstić information content (AvgIpc) is 3.18. The molecular formula is C19H24N4O3. The molecule has 0 atom stereocenters. The minimum Gasteiger partial charge on any atom is -0.364 e. The SMILES string of the molecule is Cc1cc(COCC(=O)NCCc2nc3ccccc3n2C(C)C)on1. The van der Waals surface area contributed by atoms with Crippen LogP contribution in [0.4, 0.5) is 0 Å². The van der Waals surface area contributed by atoms with Gasteiger partial charge in [-0.1, -0.05) is 17.3 Å². The van der Waals surface area contributed by atoms with E-state index < -0.39 is 0 Å². The molecule has 0 bridgehead atoms. The number of ether oxygens (including phenoxy) is 1. The summed E-state index contributed by atoms with van der Waals surface area (Å²) in [6, 6.07) is 10.2. The summed E-state index contributed by atoms with van der Waals surface area (Å²) in [5.41, 5.74) is 2.89. The van der Waals surface area contributed by atoms with Crippen LogP contribution in [0.25, 0.3) is 11.0 Å². The standard InChI is InChI=1S/C19H24N4O3/c1-13(2)23-17-7-5-4-6-16(17)21-18(23)8-9-20-19(24)12-25-11-15-10-14(3)22-26-15/h4-7,10,13H,8-9,11-12H2,1-3H3,(H,20,24). The lowest BCUT2D eigenvalue weighted by Crippen LogP contribution is -2.30. The van der Waals surface area contributed by atoms with Crippen molar-refractivity contribution in [2.24, 2.45) is 0 Å². The van der Waals surface area contributed by atoms with Crippen molar-refractivity contribution in [1.29, 1.82) is 0 Å². The quantitative estimate of drug-likeness (QED) is 0.671. The van der Waals surface area contributed by atoms with Crippen LogP contribution in [0.3, 0.4) is 0 Å². The van der Waals surface area contributed by atoms with Crippen molar-refractivity contribution >= 4 is 16.9 Å². The largest absolute Gasteiger partial charge is 0.364 e. The van der Waals surface area contributed by atoms with Crippen molar-refractivity contribution in [2.45, 2.75) is 39.8 Å². The first kappa shape index (κ1) is 18.1. The molecule has 0 fully saturated rings. The van der Waals surface area contributed by atoms with Gasteiger partial charge in [0.25, 0.3) is 0 Å². The second-order valence-electron chi connectivity index (χ2n) is 6.51. The number of fused-ring (bicyclic) bond motifs is 1. The molecule has 0 radical (unpaired) electrons. The van der Waals surface area contributed by atoms with Crippen LogP contribution in [0.1, 0.15) is 37.2 Å². The van der Waals surface area contributed by atoms with Gasteiger partial charge >= 0.3 is 0 Å². The Morgan fingerprint density at radius 2 is 2.15 bits per heavy atom. The Balaban J connectivity index is 1.49. The lowest BCUT2D eigenvalue weighted by Gasteiger charge is -2.13. The maximum atomic E-state index is 11.9. The second kappa shape index (κ2) is 8.14. The van der Waals surface area contributed by atoms with Gasteiger partial charge in [0.1, 0.15) is 19.0 Å². The molecular weight excluding hydrogens is 332 g/mol. The van der Waals surface area contributed by atoms with E-state index in [2.05, 4.69) is 35.0 Å². The number of para-hydroxylation sites is 2. The first-order valence-electron chi connectivity index (χ1n) is 8.77. The Hall–Kier alpha value is -2.67. The third kappa shape index (κ3) is 4.29. The topological polar surface area (TPSA) is 82.2 Å². The number of amides is 1. The van der Waals surface area contributed by atoms with Crippen molar-refractivity contribution in [3.63, 3.8) is 0 Å². The zero-order valence-electron chi connectivity index (χ0n) is 15.4. The summed E-state index contributed by atoms with van der Waals surface area (Å²) in [6.45, 7) is 6.84. The summed E-state index contributed by atoms with van der Waals surface area (Å²) in [6.07, 6.45) is 0.667. The third-order valence-electron chi connectivity index (χ3n) is 4.01. The zero-order chi connectivity index (χ0) is 18.5. The van der Waals surface area contributed by atoms with Crippen LogP contribution < -0.4 is 5.32 Å². The molecule has 2 heterocycles. The molecule has 26 heavy (non-hydrogen) atoms. The number of nitrogens with zero attached hydrogens (tertiary/aromatic N) is 3. The van der Waals surface area contributed by atoms with Gasteiger partial charge in [-0.2, -0.15) is 0 Å². The molecule has 0 unspecified atom stereocenters. The van der Waals surface area contributed by atoms with E-state index in [1.54, 1.807) is 6.07 Å². The minimum absolute atomic E-state index is 0.0135. The van der Waals surface area contributed by atoms with Gasteiger partial charge < -0.3 is 19.1 Å². The lowest BCUT2D eigenvalue weighted by molar-refractivity contribution is -0.126. The fraction of sp³-hybridized carbons (Fsp3) is 0.421. The minimum atomic E-state index is -0.159. The number of hydrogen-bond donors (Lipinski definition) is 1. The maximum Gasteiger partial charge on any atom is 0.246 e. The highest BCUT2D eigenvalue weighted by atomic mass is 16.5. The summed E-state index contributed by atoms with van der Waals surface area (Å²) in [5.74, 6) is 1.42. The number of carbonyl (C=O) groups is 1. The first-order valence-corrected chi connectivity index (χ1v) is 8.77. The lowest BCUT2D eigenvalue weighted by atomic mass is 10.3. The Labute approximate surface area is 152 Å². The molecule has 3 aromatic rings. The van der Waals surface area contributed by atoms with Gasteiger partial charge in [-0.05, 0) is 32.9 Å². The molecule has 2 aromatic heterocycles. The molecule has 0 saturated heterocycles. The molecule has 1 amide bonds. The molecule has 7 heteroatoms. The van der Waals surface area contributed by atoms with Crippen LogP contribution in [0.5, 0.6) is 0 Å². The fourth-order valence-electron chi connectivity index (χ4n) is 2.94. The van der Waals surface area contributed by atoms with Gasteiger partial charge in [0, 0.05) is 25.1 Å². The summed E-state index contributed by atoms with van der Waals surface area (Å²) in [5, 5.41) is 6.64. The monoisotopic (exact) mass is 356 g/mol. The predicted octanol–water partition coefficient (Wildman–Crippen LogP) is 2.79. The van der Waals surface area contributed by atoms with Gasteiger partial charge in [0.2, 0.25) is 5.91 Å². The van der Waals surface area contributed by atoms with Crippen LogP contribution in [0.15, 0.2) is 34.9 Å². The molecule has 1 N–H and O–H groups in total.